The molecule has 0 amide bonds. The van der Waals surface area contributed by atoms with E-state index in [1.165, 1.54) is 32.1 Å². The van der Waals surface area contributed by atoms with Crippen molar-refractivity contribution in [2.45, 2.75) is 55.1 Å². The second-order valence-electron chi connectivity index (χ2n) is 3.12. The highest BCUT2D eigenvalue weighted by Crippen LogP contribution is 2.03. The monoisotopic (exact) mass is 152 g/mol. The van der Waals surface area contributed by atoms with E-state index < -0.39 is 0 Å². The third-order valence-electron chi connectivity index (χ3n) is 1.96. The van der Waals surface area contributed by atoms with Gasteiger partial charge in [-0.05, 0) is 0 Å². The largest absolute Gasteiger partial charge is 0.364 e. The van der Waals surface area contributed by atoms with Gasteiger partial charge in [-0.15, -0.1) is 9.10 Å². The third kappa shape index (κ3) is 8.77. The summed E-state index contributed by atoms with van der Waals surface area (Å²) in [6.07, 6.45) is 7.29. The van der Waals surface area contributed by atoms with E-state index in [1.807, 2.05) is 0 Å². The van der Waals surface area contributed by atoms with Crippen molar-refractivity contribution in [2.24, 2.45) is 0 Å². The molecule has 0 aliphatic rings. The number of hydrogen-bond acceptors (Lipinski definition) is 0. The van der Waals surface area contributed by atoms with Crippen LogP contribution in [0, 0.1) is 0 Å². The molecular weight excluding hydrogens is 132 g/mol. The van der Waals surface area contributed by atoms with Gasteiger partial charge in [0.15, 0.2) is 0 Å². The molecule has 0 rings (SSSR count). The topological polar surface area (TPSA) is 0 Å². The van der Waals surface area contributed by atoms with Crippen LogP contribution in [-0.2, 0) is 0 Å². The molecule has 0 aliphatic carbocycles. The van der Waals surface area contributed by atoms with Gasteiger partial charge in [0.25, 0.3) is 0 Å². The average Bonchev–Trinajstić information content (AvgIpc) is 1.97. The Morgan fingerprint density at radius 3 is 2.20 bits per heavy atom. The molecule has 0 spiro atoms. The van der Waals surface area contributed by atoms with E-state index in [2.05, 4.69) is 13.8 Å². The maximum absolute atomic E-state index is 2.30. The molecule has 0 atom stereocenters. The predicted octanol–water partition coefficient (Wildman–Crippen LogP) is 3.52. The lowest BCUT2D eigenvalue weighted by atomic mass is 10.2. The highest BCUT2D eigenvalue weighted by Gasteiger charge is 1.92. The zero-order valence-electron chi connectivity index (χ0n) is 7.66. The summed E-state index contributed by atoms with van der Waals surface area (Å²) in [5, 5.41) is 0. The molecule has 58 valence electrons. The molecule has 0 fully saturated rings. The fraction of sp³-hybridized carbons (Fsp3) is 1.00. The fourth-order valence-electron chi connectivity index (χ4n) is 1.21. The predicted molar refractivity (Wildman–Crippen MR) is 49.8 cm³/mol. The van der Waals surface area contributed by atoms with Crippen LogP contribution in [0.5, 0.6) is 0 Å². The Morgan fingerprint density at radius 1 is 0.800 bits per heavy atom. The fourth-order valence-corrected chi connectivity index (χ4v) is 2.77. The average molecular weight is 153 g/mol. The first kappa shape index (κ1) is 10.8. The van der Waals surface area contributed by atoms with Crippen molar-refractivity contribution in [1.29, 1.82) is 0 Å². The maximum Gasteiger partial charge on any atom is 0.364 e. The summed E-state index contributed by atoms with van der Waals surface area (Å²) in [6, 6.07) is 0. The molecule has 0 saturated heterocycles. The molecule has 1 heteroatoms. The van der Waals surface area contributed by atoms with Crippen molar-refractivity contribution in [2.75, 3.05) is 0 Å². The van der Waals surface area contributed by atoms with E-state index in [9.17, 15) is 0 Å². The Labute approximate surface area is 75.5 Å². The van der Waals surface area contributed by atoms with Crippen molar-refractivity contribution in [3.8, 4) is 0 Å². The Hall–Kier alpha value is 0.766. The molecule has 10 heavy (non-hydrogen) atoms. The summed E-state index contributed by atoms with van der Waals surface area (Å²) in [6.45, 7) is 4.59. The van der Waals surface area contributed by atoms with E-state index in [0.29, 0.717) is 20.4 Å². The van der Waals surface area contributed by atoms with E-state index in [1.54, 1.807) is 9.10 Å². The molecule has 0 aromatic carbocycles. The van der Waals surface area contributed by atoms with Crippen LogP contribution < -0.4 is 0 Å². The minimum absolute atomic E-state index is 0.383. The smallest absolute Gasteiger partial charge is 0.146 e. The lowest BCUT2D eigenvalue weighted by Crippen LogP contribution is -1.87. The van der Waals surface area contributed by atoms with Gasteiger partial charge >= 0.3 is 20.4 Å². The highest BCUT2D eigenvalue weighted by molar-refractivity contribution is 6.35. The quantitative estimate of drug-likeness (QED) is 0.387. The van der Waals surface area contributed by atoms with Crippen molar-refractivity contribution in [1.82, 2.24) is 0 Å². The van der Waals surface area contributed by atoms with Crippen LogP contribution in [0.1, 0.15) is 46.0 Å². The van der Waals surface area contributed by atoms with Crippen LogP contribution in [0.15, 0.2) is 0 Å². The molecule has 0 nitrogen and oxygen atoms in total. The number of rotatable bonds is 7. The molecular formula is C9H20Mg. The minimum Gasteiger partial charge on any atom is -0.146 e. The summed E-state index contributed by atoms with van der Waals surface area (Å²) in [7, 11) is 0. The minimum atomic E-state index is 0.383. The van der Waals surface area contributed by atoms with Crippen LogP contribution >= 0.6 is 0 Å². The van der Waals surface area contributed by atoms with Crippen LogP contribution in [-0.4, -0.2) is 20.4 Å². The van der Waals surface area contributed by atoms with Gasteiger partial charge in [-0.25, -0.2) is 0 Å². The molecule has 0 saturated carbocycles. The van der Waals surface area contributed by atoms with Gasteiger partial charge in [0.1, 0.15) is 0 Å². The van der Waals surface area contributed by atoms with Gasteiger partial charge in [-0.1, -0.05) is 46.0 Å². The Morgan fingerprint density at radius 2 is 1.60 bits per heavy atom. The van der Waals surface area contributed by atoms with Crippen LogP contribution in [0.2, 0.25) is 9.10 Å². The van der Waals surface area contributed by atoms with E-state index in [0.717, 1.165) is 0 Å². The van der Waals surface area contributed by atoms with E-state index in [-0.39, 0.29) is 0 Å². The number of unbranched alkanes of at least 4 members (excludes halogenated alkanes) is 3. The number of hydrogen-bond donors (Lipinski definition) is 0. The van der Waals surface area contributed by atoms with Gasteiger partial charge in [0.2, 0.25) is 0 Å². The van der Waals surface area contributed by atoms with Crippen LogP contribution in [0.3, 0.4) is 0 Å². The van der Waals surface area contributed by atoms with Crippen molar-refractivity contribution < 1.29 is 0 Å². The zero-order valence-corrected chi connectivity index (χ0v) is 9.07. The summed E-state index contributed by atoms with van der Waals surface area (Å²) >= 11 is 0.383. The summed E-state index contributed by atoms with van der Waals surface area (Å²) in [5.74, 6) is 0. The van der Waals surface area contributed by atoms with Gasteiger partial charge in [0.05, 0.1) is 0 Å². The van der Waals surface area contributed by atoms with E-state index in [4.69, 9.17) is 0 Å². The Balaban J connectivity index is 2.65. The molecule has 0 aromatic heterocycles. The van der Waals surface area contributed by atoms with Crippen molar-refractivity contribution in [3.05, 3.63) is 0 Å². The van der Waals surface area contributed by atoms with Gasteiger partial charge in [-0.2, -0.15) is 0 Å². The first-order chi connectivity index (χ1) is 4.91. The molecule has 0 N–H and O–H groups in total. The van der Waals surface area contributed by atoms with E-state index >= 15 is 0 Å². The summed E-state index contributed by atoms with van der Waals surface area (Å²) in [4.78, 5) is 0. The SMILES string of the molecule is CCCCC[CH2][Mg][CH2]CC. The molecule has 0 radical (unpaired) electrons. The highest BCUT2D eigenvalue weighted by atomic mass is 24.5. The van der Waals surface area contributed by atoms with Gasteiger partial charge in [0, 0.05) is 0 Å². The molecule has 0 bridgehead atoms. The van der Waals surface area contributed by atoms with Crippen molar-refractivity contribution in [3.63, 3.8) is 0 Å². The maximum atomic E-state index is 2.30. The van der Waals surface area contributed by atoms with Gasteiger partial charge < -0.3 is 0 Å². The first-order valence-corrected chi connectivity index (χ1v) is 6.91. The normalized spacial score (nSPS) is 9.40. The second kappa shape index (κ2) is 9.77. The standard InChI is InChI=1S/C6H13.C3H7.Mg/c1-3-5-6-4-2;1-3-2;/h1,3-6H2,2H3;1,3H2,2H3;. The summed E-state index contributed by atoms with van der Waals surface area (Å²) < 4.78 is 3.18. The first-order valence-electron chi connectivity index (χ1n) is 4.91. The van der Waals surface area contributed by atoms with Crippen LogP contribution in [0.25, 0.3) is 0 Å². The molecule has 0 unspecified atom stereocenters. The third-order valence-corrected chi connectivity index (χ3v) is 4.16. The molecule has 0 aromatic rings. The summed E-state index contributed by atoms with van der Waals surface area (Å²) in [5.41, 5.74) is 0. The molecule has 0 heterocycles. The van der Waals surface area contributed by atoms with Gasteiger partial charge in [-0.3, -0.25) is 0 Å². The zero-order chi connectivity index (χ0) is 7.66. The Bertz CT molecular complexity index is 44.7. The lowest BCUT2D eigenvalue weighted by molar-refractivity contribution is 0.699. The van der Waals surface area contributed by atoms with Crippen molar-refractivity contribution >= 4 is 20.4 Å². The molecule has 0 aliphatic heterocycles. The van der Waals surface area contributed by atoms with Crippen LogP contribution in [0.4, 0.5) is 0 Å². The second-order valence-corrected chi connectivity index (χ2v) is 5.24. The lowest BCUT2D eigenvalue weighted by Gasteiger charge is -1.95. The Kier molecular flexibility index (Phi) is 10.5.